The van der Waals surface area contributed by atoms with Crippen LogP contribution in [0.5, 0.6) is 0 Å². The fraction of sp³-hybridized carbons (Fsp3) is 1.00. The molecule has 2 rings (SSSR count). The van der Waals surface area contributed by atoms with Crippen LogP contribution < -0.4 is 0 Å². The first kappa shape index (κ1) is 9.50. The van der Waals surface area contributed by atoms with Gasteiger partial charge in [0.15, 0.2) is 0 Å². The molecule has 1 heterocycles. The quantitative estimate of drug-likeness (QED) is 0.568. The molecule has 1 saturated carbocycles. The Kier molecular flexibility index (Phi) is 2.38. The fourth-order valence-corrected chi connectivity index (χ4v) is 2.98. The summed E-state index contributed by atoms with van der Waals surface area (Å²) in [5.41, 5.74) is -0.145. The number of methoxy groups -OCH3 is 2. The van der Waals surface area contributed by atoms with Crippen LogP contribution in [-0.4, -0.2) is 46.4 Å². The van der Waals surface area contributed by atoms with Crippen LogP contribution in [0.25, 0.3) is 0 Å². The predicted octanol–water partition coefficient (Wildman–Crippen LogP) is -0.214. The monoisotopic (exact) mass is 184 g/mol. The van der Waals surface area contributed by atoms with Crippen molar-refractivity contribution in [3.8, 4) is 0 Å². The van der Waals surface area contributed by atoms with E-state index in [0.29, 0.717) is 18.5 Å². The smallest absolute Gasteiger partial charge is 0.139 e. The highest BCUT2D eigenvalue weighted by atomic mass is 16.6. The Balaban J connectivity index is 2.17. The molecule has 1 aliphatic carbocycles. The van der Waals surface area contributed by atoms with E-state index in [-0.39, 0.29) is 11.7 Å². The van der Waals surface area contributed by atoms with Gasteiger partial charge < -0.3 is 14.2 Å². The summed E-state index contributed by atoms with van der Waals surface area (Å²) in [4.78, 5) is 0. The van der Waals surface area contributed by atoms with Crippen LogP contribution in [0.3, 0.4) is 0 Å². The van der Waals surface area contributed by atoms with Crippen LogP contribution in [0.2, 0.25) is 0 Å². The summed E-state index contributed by atoms with van der Waals surface area (Å²) in [6, 6.07) is 0.328. The van der Waals surface area contributed by atoms with Crippen molar-refractivity contribution in [2.24, 2.45) is 5.92 Å². The molecule has 0 aromatic rings. The first-order valence-electron chi connectivity index (χ1n) is 4.93. The van der Waals surface area contributed by atoms with Crippen LogP contribution in [-0.2, 0) is 14.2 Å². The summed E-state index contributed by atoms with van der Waals surface area (Å²) in [6.45, 7) is 0.659. The molecule has 4 atom stereocenters. The minimum atomic E-state index is -0.145. The summed E-state index contributed by atoms with van der Waals surface area (Å²) in [6.07, 6.45) is 2.53. The lowest BCUT2D eigenvalue weighted by molar-refractivity contribution is -0.114. The molecule has 2 fully saturated rings. The van der Waals surface area contributed by atoms with Gasteiger partial charge in [-0.25, -0.2) is 0 Å². The fourth-order valence-electron chi connectivity index (χ4n) is 2.98. The Bertz CT molecular complexity index is 199. The molecule has 0 radical (unpaired) electrons. The lowest BCUT2D eigenvalue weighted by Crippen LogP contribution is -2.42. The number of rotatable bonds is 3. The first-order valence-corrected chi connectivity index (χ1v) is 4.93. The molecule has 0 spiro atoms. The third-order valence-corrected chi connectivity index (χ3v) is 3.47. The van der Waals surface area contributed by atoms with Crippen LogP contribution in [0, 0.1) is 5.92 Å². The van der Waals surface area contributed by atoms with E-state index in [1.807, 2.05) is 0 Å². The van der Waals surface area contributed by atoms with E-state index in [1.165, 1.54) is 6.42 Å². The van der Waals surface area contributed by atoms with Gasteiger partial charge in [0.1, 0.15) is 13.4 Å². The van der Waals surface area contributed by atoms with E-state index >= 15 is 0 Å². The third kappa shape index (κ3) is 1.23. The van der Waals surface area contributed by atoms with Gasteiger partial charge in [-0.1, -0.05) is 0 Å². The van der Waals surface area contributed by atoms with E-state index in [9.17, 15) is 0 Å². The third-order valence-electron chi connectivity index (χ3n) is 3.47. The van der Waals surface area contributed by atoms with Gasteiger partial charge in [0.25, 0.3) is 0 Å². The van der Waals surface area contributed by atoms with Crippen LogP contribution >= 0.6 is 0 Å². The lowest BCUT2D eigenvalue weighted by atomic mass is 9.85. The highest BCUT2D eigenvalue weighted by Gasteiger charge is 2.58. The zero-order valence-corrected chi connectivity index (χ0v) is 8.58. The molecule has 1 unspecified atom stereocenters. The predicted molar refractivity (Wildman–Crippen MR) is 51.5 cm³/mol. The van der Waals surface area contributed by atoms with Crippen molar-refractivity contribution >= 4 is 7.85 Å². The van der Waals surface area contributed by atoms with Crippen molar-refractivity contribution in [2.75, 3.05) is 20.8 Å². The van der Waals surface area contributed by atoms with Gasteiger partial charge in [0, 0.05) is 26.1 Å². The summed E-state index contributed by atoms with van der Waals surface area (Å²) < 4.78 is 16.7. The summed E-state index contributed by atoms with van der Waals surface area (Å²) in [5, 5.41) is 0. The Morgan fingerprint density at radius 3 is 2.85 bits per heavy atom. The lowest BCUT2D eigenvalue weighted by Gasteiger charge is -2.30. The van der Waals surface area contributed by atoms with Crippen LogP contribution in [0.1, 0.15) is 12.8 Å². The van der Waals surface area contributed by atoms with Crippen molar-refractivity contribution in [3.63, 3.8) is 0 Å². The molecule has 13 heavy (non-hydrogen) atoms. The number of fused-ring (bicyclic) bond motifs is 2. The van der Waals surface area contributed by atoms with Gasteiger partial charge in [-0.2, -0.15) is 0 Å². The van der Waals surface area contributed by atoms with E-state index < -0.39 is 0 Å². The second kappa shape index (κ2) is 3.26. The molecule has 0 N–H and O–H groups in total. The van der Waals surface area contributed by atoms with Gasteiger partial charge >= 0.3 is 0 Å². The second-order valence-electron chi connectivity index (χ2n) is 4.18. The molecule has 2 aliphatic rings. The molecule has 0 amide bonds. The summed E-state index contributed by atoms with van der Waals surface area (Å²) >= 11 is 0. The molecule has 1 aliphatic heterocycles. The zero-order chi connectivity index (χ0) is 9.47. The molecule has 1 saturated heterocycles. The van der Waals surface area contributed by atoms with Crippen molar-refractivity contribution in [3.05, 3.63) is 0 Å². The SMILES string of the molecule is B[C@@H]1O[C@]2(COC)CC[C@H]1C2OC. The number of hydrogen-bond acceptors (Lipinski definition) is 3. The molecule has 2 bridgehead atoms. The number of ether oxygens (including phenoxy) is 3. The molecule has 0 aromatic heterocycles. The minimum Gasteiger partial charge on any atom is -0.382 e. The van der Waals surface area contributed by atoms with Crippen molar-refractivity contribution in [1.29, 1.82) is 0 Å². The van der Waals surface area contributed by atoms with E-state index in [2.05, 4.69) is 7.85 Å². The zero-order valence-electron chi connectivity index (χ0n) is 8.58. The highest BCUT2D eigenvalue weighted by Crippen LogP contribution is 2.48. The first-order chi connectivity index (χ1) is 6.23. The Morgan fingerprint density at radius 1 is 1.54 bits per heavy atom. The van der Waals surface area contributed by atoms with Gasteiger partial charge in [-0.05, 0) is 12.8 Å². The largest absolute Gasteiger partial charge is 0.382 e. The topological polar surface area (TPSA) is 27.7 Å². The maximum absolute atomic E-state index is 5.94. The molecule has 74 valence electrons. The molecular formula is C9H17BO3. The molecular weight excluding hydrogens is 167 g/mol. The average molecular weight is 184 g/mol. The van der Waals surface area contributed by atoms with E-state index in [1.54, 1.807) is 14.2 Å². The standard InChI is InChI=1S/C9H17BO3/c1-11-5-9-4-3-6(7(9)12-2)8(10)13-9/h6-8H,3-5,10H2,1-2H3/t6-,7?,8+,9-/m0/s1. The normalized spacial score (nSPS) is 48.6. The Morgan fingerprint density at radius 2 is 2.31 bits per heavy atom. The minimum absolute atomic E-state index is 0.145. The highest BCUT2D eigenvalue weighted by molar-refractivity contribution is 6.11. The second-order valence-corrected chi connectivity index (χ2v) is 4.18. The van der Waals surface area contributed by atoms with Crippen molar-refractivity contribution in [1.82, 2.24) is 0 Å². The van der Waals surface area contributed by atoms with Gasteiger partial charge in [-0.15, -0.1) is 0 Å². The molecule has 4 heteroatoms. The molecule has 3 nitrogen and oxygen atoms in total. The molecule has 0 aromatic carbocycles. The maximum atomic E-state index is 5.94. The van der Waals surface area contributed by atoms with Gasteiger partial charge in [0.2, 0.25) is 0 Å². The van der Waals surface area contributed by atoms with Gasteiger partial charge in [-0.3, -0.25) is 0 Å². The number of hydrogen-bond donors (Lipinski definition) is 0. The van der Waals surface area contributed by atoms with Crippen LogP contribution in [0.15, 0.2) is 0 Å². The Labute approximate surface area is 80.1 Å². The maximum Gasteiger partial charge on any atom is 0.139 e. The average Bonchev–Trinajstić information content (AvgIpc) is 2.55. The summed E-state index contributed by atoms with van der Waals surface area (Å²) in [5.74, 6) is 0.570. The van der Waals surface area contributed by atoms with E-state index in [4.69, 9.17) is 14.2 Å². The summed E-state index contributed by atoms with van der Waals surface area (Å²) in [7, 11) is 5.63. The van der Waals surface area contributed by atoms with Gasteiger partial charge in [0.05, 0.1) is 12.7 Å². The van der Waals surface area contributed by atoms with Crippen molar-refractivity contribution < 1.29 is 14.2 Å². The van der Waals surface area contributed by atoms with Crippen molar-refractivity contribution in [2.45, 2.75) is 30.5 Å². The van der Waals surface area contributed by atoms with Crippen LogP contribution in [0.4, 0.5) is 0 Å². The Hall–Kier alpha value is -0.0551. The van der Waals surface area contributed by atoms with E-state index in [0.717, 1.165) is 6.42 Å².